The first-order valence-electron chi connectivity index (χ1n) is 1.67. The Hall–Kier alpha value is 1.15. The maximum absolute atomic E-state index is 8.63. The van der Waals surface area contributed by atoms with E-state index in [2.05, 4.69) is 0 Å². The van der Waals surface area contributed by atoms with Crippen LogP contribution in [0.2, 0.25) is 0 Å². The molecule has 0 saturated heterocycles. The van der Waals surface area contributed by atoms with E-state index in [1.165, 1.54) is 0 Å². The minimum absolute atomic E-state index is 0.357. The summed E-state index contributed by atoms with van der Waals surface area (Å²) < 4.78 is -2.55. The highest BCUT2D eigenvalue weighted by Gasteiger charge is 2.26. The summed E-state index contributed by atoms with van der Waals surface area (Å²) >= 11 is 25.5. The Labute approximate surface area is 77.1 Å². The Balaban J connectivity index is 4.40. The quantitative estimate of drug-likeness (QED) is 0.687. The molecule has 0 aromatic heterocycles. The molecule has 0 spiro atoms. The molecule has 0 aromatic carbocycles. The van der Waals surface area contributed by atoms with Crippen LogP contribution >= 0.6 is 58.0 Å². The molecule has 0 aliphatic carbocycles. The number of halogens is 5. The third kappa shape index (κ3) is 3.76. The Morgan fingerprint density at radius 2 is 1.44 bits per heavy atom. The monoisotopic (exact) mass is 228 g/mol. The molecule has 1 N–H and O–H groups in total. The average Bonchev–Trinajstić information content (AvgIpc) is 1.62. The highest BCUT2D eigenvalue weighted by molar-refractivity contribution is 6.63. The van der Waals surface area contributed by atoms with Gasteiger partial charge in [-0.2, -0.15) is 0 Å². The molecule has 6 heteroatoms. The zero-order valence-electron chi connectivity index (χ0n) is 3.84. The van der Waals surface area contributed by atoms with Crippen molar-refractivity contribution in [2.75, 3.05) is 0 Å². The van der Waals surface area contributed by atoms with Gasteiger partial charge in [0.15, 0.2) is 0 Å². The van der Waals surface area contributed by atoms with E-state index >= 15 is 0 Å². The Morgan fingerprint density at radius 3 is 1.44 bits per heavy atom. The van der Waals surface area contributed by atoms with Crippen LogP contribution in [-0.2, 0) is 0 Å². The molecular formula is C3HCl5O. The van der Waals surface area contributed by atoms with Gasteiger partial charge in [-0.05, 0) is 0 Å². The molecule has 0 bridgehead atoms. The number of aliphatic hydroxyl groups is 1. The summed E-state index contributed by atoms with van der Waals surface area (Å²) in [5, 5.41) is 8.22. The predicted octanol–water partition coefficient (Wildman–Crippen LogP) is 3.00. The second kappa shape index (κ2) is 3.51. The van der Waals surface area contributed by atoms with Crippen LogP contribution in [0.3, 0.4) is 0 Å². The predicted molar refractivity (Wildman–Crippen MR) is 41.2 cm³/mol. The van der Waals surface area contributed by atoms with Crippen molar-refractivity contribution in [3.63, 3.8) is 0 Å². The lowest BCUT2D eigenvalue weighted by atomic mass is 10.7. The SMILES string of the molecule is OC(Cl)(Cl)C(Cl)=C(Cl)Cl. The van der Waals surface area contributed by atoms with Crippen LogP contribution in [-0.4, -0.2) is 9.63 Å². The molecule has 0 atom stereocenters. The molecule has 0 rings (SSSR count). The summed E-state index contributed by atoms with van der Waals surface area (Å²) in [7, 11) is 0. The first-order chi connectivity index (χ1) is 3.85. The molecular weight excluding hydrogens is 229 g/mol. The van der Waals surface area contributed by atoms with E-state index in [9.17, 15) is 0 Å². The van der Waals surface area contributed by atoms with Gasteiger partial charge in [0.25, 0.3) is 4.52 Å². The zero-order chi connectivity index (χ0) is 7.65. The molecule has 0 unspecified atom stereocenters. The lowest BCUT2D eigenvalue weighted by molar-refractivity contribution is 0.259. The molecule has 1 nitrogen and oxygen atoms in total. The average molecular weight is 230 g/mol. The minimum Gasteiger partial charge on any atom is -0.358 e. The van der Waals surface area contributed by atoms with Crippen molar-refractivity contribution < 1.29 is 5.11 Å². The molecule has 0 radical (unpaired) electrons. The van der Waals surface area contributed by atoms with Crippen LogP contribution < -0.4 is 0 Å². The van der Waals surface area contributed by atoms with Crippen molar-refractivity contribution in [3.05, 3.63) is 9.52 Å². The van der Waals surface area contributed by atoms with Crippen molar-refractivity contribution in [1.82, 2.24) is 0 Å². The van der Waals surface area contributed by atoms with Crippen molar-refractivity contribution in [2.24, 2.45) is 0 Å². The highest BCUT2D eigenvalue weighted by atomic mass is 35.5. The summed E-state index contributed by atoms with van der Waals surface area (Å²) in [6.07, 6.45) is 0. The maximum atomic E-state index is 8.63. The summed E-state index contributed by atoms with van der Waals surface area (Å²) in [4.78, 5) is 0. The molecule has 9 heavy (non-hydrogen) atoms. The fraction of sp³-hybridized carbons (Fsp3) is 0.333. The molecule has 0 aliphatic heterocycles. The van der Waals surface area contributed by atoms with Gasteiger partial charge in [0.05, 0.1) is 0 Å². The number of hydrogen-bond acceptors (Lipinski definition) is 1. The third-order valence-electron chi connectivity index (χ3n) is 0.430. The number of rotatable bonds is 1. The van der Waals surface area contributed by atoms with E-state index in [1.54, 1.807) is 0 Å². The second-order valence-corrected chi connectivity index (χ2v) is 3.73. The number of alkyl halides is 2. The molecule has 0 heterocycles. The van der Waals surface area contributed by atoms with Crippen molar-refractivity contribution in [3.8, 4) is 0 Å². The van der Waals surface area contributed by atoms with Gasteiger partial charge in [-0.15, -0.1) is 0 Å². The van der Waals surface area contributed by atoms with E-state index in [4.69, 9.17) is 63.1 Å². The Bertz CT molecular complexity index is 130. The summed E-state index contributed by atoms with van der Waals surface area (Å²) in [6.45, 7) is 0. The lowest BCUT2D eigenvalue weighted by Crippen LogP contribution is -2.10. The van der Waals surface area contributed by atoms with Gasteiger partial charge < -0.3 is 5.11 Å². The summed E-state index contributed by atoms with van der Waals surface area (Å²) in [5.41, 5.74) is 0. The van der Waals surface area contributed by atoms with Crippen molar-refractivity contribution in [2.45, 2.75) is 4.52 Å². The normalized spacial score (nSPS) is 11.3. The minimum atomic E-state index is -2.19. The molecule has 0 fully saturated rings. The van der Waals surface area contributed by atoms with Gasteiger partial charge in [0, 0.05) is 0 Å². The fourth-order valence-electron chi connectivity index (χ4n) is 0.114. The van der Waals surface area contributed by atoms with Crippen LogP contribution in [0.5, 0.6) is 0 Å². The smallest absolute Gasteiger partial charge is 0.254 e. The molecule has 0 aliphatic rings. The topological polar surface area (TPSA) is 20.2 Å². The van der Waals surface area contributed by atoms with Crippen molar-refractivity contribution >= 4 is 58.0 Å². The number of hydrogen-bond donors (Lipinski definition) is 1. The second-order valence-electron chi connectivity index (χ2n) is 1.12. The van der Waals surface area contributed by atoms with Crippen LogP contribution in [0.1, 0.15) is 0 Å². The third-order valence-corrected chi connectivity index (χ3v) is 2.04. The zero-order valence-corrected chi connectivity index (χ0v) is 7.62. The van der Waals surface area contributed by atoms with Crippen LogP contribution in [0.4, 0.5) is 0 Å². The maximum Gasteiger partial charge on any atom is 0.254 e. The van der Waals surface area contributed by atoms with E-state index in [0.717, 1.165) is 0 Å². The van der Waals surface area contributed by atoms with Gasteiger partial charge in [-0.25, -0.2) is 0 Å². The molecule has 0 aromatic rings. The van der Waals surface area contributed by atoms with Gasteiger partial charge in [-0.1, -0.05) is 58.0 Å². The van der Waals surface area contributed by atoms with Gasteiger partial charge in [-0.3, -0.25) is 0 Å². The lowest BCUT2D eigenvalue weighted by Gasteiger charge is -2.09. The summed E-state index contributed by atoms with van der Waals surface area (Å²) in [5.74, 6) is 0. The van der Waals surface area contributed by atoms with Gasteiger partial charge in [0.1, 0.15) is 9.52 Å². The highest BCUT2D eigenvalue weighted by Crippen LogP contribution is 2.34. The van der Waals surface area contributed by atoms with Crippen LogP contribution in [0, 0.1) is 0 Å². The van der Waals surface area contributed by atoms with Gasteiger partial charge >= 0.3 is 0 Å². The molecule has 0 saturated carbocycles. The van der Waals surface area contributed by atoms with E-state index in [0.29, 0.717) is 0 Å². The first kappa shape index (κ1) is 10.2. The van der Waals surface area contributed by atoms with E-state index < -0.39 is 9.55 Å². The Kier molecular flexibility index (Phi) is 3.96. The van der Waals surface area contributed by atoms with Crippen LogP contribution in [0.25, 0.3) is 0 Å². The van der Waals surface area contributed by atoms with Crippen LogP contribution in [0.15, 0.2) is 9.52 Å². The largest absolute Gasteiger partial charge is 0.358 e. The molecule has 54 valence electrons. The Morgan fingerprint density at radius 1 is 1.11 bits per heavy atom. The van der Waals surface area contributed by atoms with E-state index in [1.807, 2.05) is 0 Å². The standard InChI is InChI=1S/C3HCl5O/c4-1(2(5)6)3(7,8)9/h9H. The molecule has 0 amide bonds. The fourth-order valence-corrected chi connectivity index (χ4v) is 0.770. The summed E-state index contributed by atoms with van der Waals surface area (Å²) in [6, 6.07) is 0. The first-order valence-corrected chi connectivity index (χ1v) is 3.56. The van der Waals surface area contributed by atoms with Crippen molar-refractivity contribution in [1.29, 1.82) is 0 Å². The van der Waals surface area contributed by atoms with Gasteiger partial charge in [0.2, 0.25) is 0 Å². The van der Waals surface area contributed by atoms with E-state index in [-0.39, 0.29) is 4.49 Å².